The topological polar surface area (TPSA) is 42.6 Å². The van der Waals surface area contributed by atoms with Crippen molar-refractivity contribution in [2.24, 2.45) is 0 Å². The molecule has 3 nitrogen and oxygen atoms in total. The number of aryl methyl sites for hydroxylation is 1. The van der Waals surface area contributed by atoms with Gasteiger partial charge in [0.25, 0.3) is 0 Å². The highest BCUT2D eigenvalue weighted by atomic mass is 28.4. The van der Waals surface area contributed by atoms with E-state index >= 15 is 0 Å². The van der Waals surface area contributed by atoms with Crippen LogP contribution in [0.5, 0.6) is 0 Å². The number of aliphatic hydroxyl groups is 1. The maximum Gasteiger partial charge on any atom is 0.192 e. The molecule has 0 atom stereocenters. The Balaban J connectivity index is 2.56. The van der Waals surface area contributed by atoms with Crippen LogP contribution >= 0.6 is 0 Å². The van der Waals surface area contributed by atoms with E-state index in [9.17, 15) is 0 Å². The van der Waals surface area contributed by atoms with E-state index in [1.165, 1.54) is 0 Å². The summed E-state index contributed by atoms with van der Waals surface area (Å²) in [7, 11) is -1.70. The molecule has 0 aliphatic rings. The normalized spacial score (nSPS) is 12.9. The monoisotopic (exact) mass is 284 g/mol. The molecule has 0 fully saturated rings. The van der Waals surface area contributed by atoms with Crippen LogP contribution in [0.25, 0.3) is 0 Å². The van der Waals surface area contributed by atoms with Crippen LogP contribution in [0.15, 0.2) is 16.7 Å². The minimum absolute atomic E-state index is 0.230. The fraction of sp³-hybridized carbons (Fsp3) is 0.733. The van der Waals surface area contributed by atoms with Crippen LogP contribution < -0.4 is 0 Å². The van der Waals surface area contributed by atoms with Gasteiger partial charge in [-0.2, -0.15) is 0 Å². The van der Waals surface area contributed by atoms with Crippen LogP contribution in [0.4, 0.5) is 0 Å². The molecule has 1 aromatic rings. The van der Waals surface area contributed by atoms with Crippen molar-refractivity contribution in [2.75, 3.05) is 6.61 Å². The van der Waals surface area contributed by atoms with Gasteiger partial charge in [0.15, 0.2) is 8.32 Å². The van der Waals surface area contributed by atoms with Gasteiger partial charge in [0.1, 0.15) is 5.76 Å². The fourth-order valence-electron chi connectivity index (χ4n) is 1.59. The van der Waals surface area contributed by atoms with Crippen LogP contribution in [-0.2, 0) is 17.5 Å². The molecule has 0 aliphatic heterocycles. The van der Waals surface area contributed by atoms with E-state index in [-0.39, 0.29) is 11.6 Å². The Labute approximate surface area is 118 Å². The summed E-state index contributed by atoms with van der Waals surface area (Å²) in [4.78, 5) is 0. The predicted molar refractivity (Wildman–Crippen MR) is 80.7 cm³/mol. The van der Waals surface area contributed by atoms with Crippen molar-refractivity contribution in [3.63, 3.8) is 0 Å². The third-order valence-corrected chi connectivity index (χ3v) is 8.52. The SMILES string of the molecule is CC(C)(C)[Si](C)(C)OCc1ccoc1CCCCO. The molecular weight excluding hydrogens is 256 g/mol. The van der Waals surface area contributed by atoms with Gasteiger partial charge in [-0.25, -0.2) is 0 Å². The number of hydrogen-bond donors (Lipinski definition) is 1. The summed E-state index contributed by atoms with van der Waals surface area (Å²) in [5, 5.41) is 9.04. The third-order valence-electron chi connectivity index (χ3n) is 4.04. The van der Waals surface area contributed by atoms with Crippen LogP contribution in [0.1, 0.15) is 44.9 Å². The third kappa shape index (κ3) is 4.78. The molecule has 0 bridgehead atoms. The second-order valence-electron chi connectivity index (χ2n) is 6.60. The van der Waals surface area contributed by atoms with E-state index in [1.807, 2.05) is 6.07 Å². The molecule has 1 N–H and O–H groups in total. The Morgan fingerprint density at radius 1 is 1.26 bits per heavy atom. The molecule has 0 aromatic carbocycles. The van der Waals surface area contributed by atoms with Crippen molar-refractivity contribution in [3.05, 3.63) is 23.7 Å². The summed E-state index contributed by atoms with van der Waals surface area (Å²) in [6.07, 6.45) is 4.39. The van der Waals surface area contributed by atoms with Crippen LogP contribution in [0, 0.1) is 0 Å². The van der Waals surface area contributed by atoms with Gasteiger partial charge in [-0.1, -0.05) is 20.8 Å². The standard InChI is InChI=1S/C15H28O3Si/c1-15(2,3)19(4,5)18-12-13-9-11-17-14(13)8-6-7-10-16/h9,11,16H,6-8,10,12H2,1-5H3. The van der Waals surface area contributed by atoms with E-state index in [0.717, 1.165) is 30.6 Å². The highest BCUT2D eigenvalue weighted by molar-refractivity contribution is 6.74. The molecule has 0 spiro atoms. The van der Waals surface area contributed by atoms with Crippen molar-refractivity contribution in [1.82, 2.24) is 0 Å². The first-order valence-corrected chi connectivity index (χ1v) is 9.99. The molecule has 0 saturated heterocycles. The lowest BCUT2D eigenvalue weighted by Crippen LogP contribution is -2.40. The average molecular weight is 284 g/mol. The predicted octanol–water partition coefficient (Wildman–Crippen LogP) is 4.12. The molecule has 0 radical (unpaired) electrons. The second kappa shape index (κ2) is 6.73. The van der Waals surface area contributed by atoms with E-state index in [1.54, 1.807) is 6.26 Å². The maximum atomic E-state index is 8.81. The van der Waals surface area contributed by atoms with Crippen LogP contribution in [-0.4, -0.2) is 20.0 Å². The summed E-state index contributed by atoms with van der Waals surface area (Å²) in [6, 6.07) is 2.00. The zero-order valence-electron chi connectivity index (χ0n) is 13.0. The first-order chi connectivity index (χ1) is 8.78. The van der Waals surface area contributed by atoms with Crippen molar-refractivity contribution < 1.29 is 13.9 Å². The van der Waals surface area contributed by atoms with Gasteiger partial charge in [-0.05, 0) is 37.0 Å². The lowest BCUT2D eigenvalue weighted by molar-refractivity contribution is 0.271. The number of furan rings is 1. The largest absolute Gasteiger partial charge is 0.469 e. The van der Waals surface area contributed by atoms with E-state index in [2.05, 4.69) is 33.9 Å². The average Bonchev–Trinajstić information content (AvgIpc) is 2.73. The quantitative estimate of drug-likeness (QED) is 0.605. The van der Waals surface area contributed by atoms with Crippen molar-refractivity contribution >= 4 is 8.32 Å². The first kappa shape index (κ1) is 16.5. The fourth-order valence-corrected chi connectivity index (χ4v) is 2.54. The van der Waals surface area contributed by atoms with E-state index in [4.69, 9.17) is 13.9 Å². The van der Waals surface area contributed by atoms with Gasteiger partial charge in [-0.15, -0.1) is 0 Å². The molecule has 0 unspecified atom stereocenters. The lowest BCUT2D eigenvalue weighted by Gasteiger charge is -2.36. The minimum Gasteiger partial charge on any atom is -0.469 e. The summed E-state index contributed by atoms with van der Waals surface area (Å²) in [6.45, 7) is 12.2. The molecule has 1 aromatic heterocycles. The molecule has 19 heavy (non-hydrogen) atoms. The van der Waals surface area contributed by atoms with E-state index < -0.39 is 8.32 Å². The smallest absolute Gasteiger partial charge is 0.192 e. The van der Waals surface area contributed by atoms with Crippen LogP contribution in [0.3, 0.4) is 0 Å². The van der Waals surface area contributed by atoms with Gasteiger partial charge in [0.05, 0.1) is 12.9 Å². The van der Waals surface area contributed by atoms with Crippen molar-refractivity contribution in [3.8, 4) is 0 Å². The molecule has 0 aliphatic carbocycles. The van der Waals surface area contributed by atoms with Gasteiger partial charge in [-0.3, -0.25) is 0 Å². The minimum atomic E-state index is -1.70. The highest BCUT2D eigenvalue weighted by Gasteiger charge is 2.37. The zero-order chi connectivity index (χ0) is 14.5. The number of unbranched alkanes of at least 4 members (excludes halogenated alkanes) is 1. The molecule has 1 heterocycles. The molecule has 4 heteroatoms. The Kier molecular flexibility index (Phi) is 5.83. The first-order valence-electron chi connectivity index (χ1n) is 7.08. The summed E-state index contributed by atoms with van der Waals surface area (Å²) >= 11 is 0. The Morgan fingerprint density at radius 3 is 2.53 bits per heavy atom. The summed E-state index contributed by atoms with van der Waals surface area (Å²) < 4.78 is 11.7. The van der Waals surface area contributed by atoms with Gasteiger partial charge in [0, 0.05) is 18.6 Å². The number of hydrogen-bond acceptors (Lipinski definition) is 3. The van der Waals surface area contributed by atoms with Crippen molar-refractivity contribution in [2.45, 2.75) is 64.8 Å². The van der Waals surface area contributed by atoms with Gasteiger partial charge < -0.3 is 13.9 Å². The Bertz CT molecular complexity index is 377. The molecule has 0 amide bonds. The molecule has 1 rings (SSSR count). The Hall–Kier alpha value is -0.583. The zero-order valence-corrected chi connectivity index (χ0v) is 14.0. The summed E-state index contributed by atoms with van der Waals surface area (Å²) in [5.74, 6) is 1.01. The molecule has 110 valence electrons. The lowest BCUT2D eigenvalue weighted by atomic mass is 10.1. The number of rotatable bonds is 7. The highest BCUT2D eigenvalue weighted by Crippen LogP contribution is 2.37. The van der Waals surface area contributed by atoms with Crippen molar-refractivity contribution in [1.29, 1.82) is 0 Å². The number of aliphatic hydroxyl groups excluding tert-OH is 1. The molecule has 0 saturated carbocycles. The summed E-state index contributed by atoms with van der Waals surface area (Å²) in [5.41, 5.74) is 1.16. The van der Waals surface area contributed by atoms with Crippen LogP contribution in [0.2, 0.25) is 18.1 Å². The van der Waals surface area contributed by atoms with E-state index in [0.29, 0.717) is 6.61 Å². The second-order valence-corrected chi connectivity index (χ2v) is 11.4. The Morgan fingerprint density at radius 2 is 1.95 bits per heavy atom. The maximum absolute atomic E-state index is 8.81. The van der Waals surface area contributed by atoms with Gasteiger partial charge >= 0.3 is 0 Å². The molecular formula is C15H28O3Si. The van der Waals surface area contributed by atoms with Gasteiger partial charge in [0.2, 0.25) is 0 Å².